The van der Waals surface area contributed by atoms with E-state index in [1.54, 1.807) is 0 Å². The number of rotatable bonds is 3. The highest BCUT2D eigenvalue weighted by Crippen LogP contribution is 2.07. The molecule has 0 aromatic rings. The zero-order valence-electron chi connectivity index (χ0n) is 7.15. The van der Waals surface area contributed by atoms with Gasteiger partial charge < -0.3 is 10.2 Å². The van der Waals surface area contributed by atoms with Crippen molar-refractivity contribution in [2.24, 2.45) is 0 Å². The minimum absolute atomic E-state index is 0.244. The van der Waals surface area contributed by atoms with E-state index in [0.717, 1.165) is 25.9 Å². The van der Waals surface area contributed by atoms with Crippen LogP contribution >= 0.6 is 0 Å². The van der Waals surface area contributed by atoms with Gasteiger partial charge in [0.25, 0.3) is 0 Å². The molecule has 0 aromatic heterocycles. The van der Waals surface area contributed by atoms with Crippen LogP contribution in [0.1, 0.15) is 12.8 Å². The van der Waals surface area contributed by atoms with Crippen molar-refractivity contribution in [3.8, 4) is 0 Å². The molecule has 3 heteroatoms. The molecular weight excluding hydrogens is 143 g/mol. The zero-order valence-corrected chi connectivity index (χ0v) is 7.15. The van der Waals surface area contributed by atoms with Crippen molar-refractivity contribution in [3.63, 3.8) is 0 Å². The quantitative estimate of drug-likeness (QED) is 0.651. The van der Waals surface area contributed by atoms with Gasteiger partial charge in [-0.25, -0.2) is 4.39 Å². The molecule has 11 heavy (non-hydrogen) atoms. The highest BCUT2D eigenvalue weighted by molar-refractivity contribution is 4.74. The second kappa shape index (κ2) is 4.67. The monoisotopic (exact) mass is 160 g/mol. The summed E-state index contributed by atoms with van der Waals surface area (Å²) in [4.78, 5) is 2.31. The fourth-order valence-corrected chi connectivity index (χ4v) is 1.47. The van der Waals surface area contributed by atoms with Crippen LogP contribution in [0, 0.1) is 0 Å². The third-order valence-corrected chi connectivity index (χ3v) is 2.25. The molecule has 0 aliphatic carbocycles. The normalized spacial score (nSPS) is 22.4. The molecule has 0 atom stereocenters. The fourth-order valence-electron chi connectivity index (χ4n) is 1.47. The maximum atomic E-state index is 11.8. The van der Waals surface area contributed by atoms with E-state index in [1.165, 1.54) is 0 Å². The Hall–Kier alpha value is -0.150. The van der Waals surface area contributed by atoms with Crippen LogP contribution in [0.15, 0.2) is 0 Å². The van der Waals surface area contributed by atoms with Gasteiger partial charge in [0, 0.05) is 12.6 Å². The lowest BCUT2D eigenvalue weighted by molar-refractivity contribution is 0.232. The minimum Gasteiger partial charge on any atom is -0.311 e. The number of nitrogens with one attached hydrogen (secondary N) is 1. The number of nitrogens with zero attached hydrogens (tertiary/aromatic N) is 1. The summed E-state index contributed by atoms with van der Waals surface area (Å²) in [6.07, 6.45) is 2.33. The van der Waals surface area contributed by atoms with E-state index in [-0.39, 0.29) is 6.67 Å². The van der Waals surface area contributed by atoms with E-state index < -0.39 is 0 Å². The summed E-state index contributed by atoms with van der Waals surface area (Å²) in [6.45, 7) is 2.56. The number of piperidine rings is 1. The summed E-state index contributed by atoms with van der Waals surface area (Å²) >= 11 is 0. The second-order valence-electron chi connectivity index (χ2n) is 3.22. The minimum atomic E-state index is -0.244. The topological polar surface area (TPSA) is 15.3 Å². The number of hydrogen-bond donors (Lipinski definition) is 1. The fraction of sp³-hybridized carbons (Fsp3) is 1.00. The average molecular weight is 160 g/mol. The first-order valence-corrected chi connectivity index (χ1v) is 4.31. The van der Waals surface area contributed by atoms with Gasteiger partial charge in [-0.1, -0.05) is 0 Å². The van der Waals surface area contributed by atoms with Crippen LogP contribution in [0.5, 0.6) is 0 Å². The third kappa shape index (κ3) is 3.16. The van der Waals surface area contributed by atoms with Crippen LogP contribution in [-0.2, 0) is 0 Å². The van der Waals surface area contributed by atoms with Gasteiger partial charge in [0.15, 0.2) is 0 Å². The smallest absolute Gasteiger partial charge is 0.102 e. The standard InChI is InChI=1S/C8H17FN2/c1-11-6-2-8(3-7-11)10-5-4-9/h8,10H,2-7H2,1H3. The molecule has 0 bridgehead atoms. The summed E-state index contributed by atoms with van der Waals surface area (Å²) in [7, 11) is 2.13. The molecule has 1 heterocycles. The summed E-state index contributed by atoms with van der Waals surface area (Å²) < 4.78 is 11.8. The Morgan fingerprint density at radius 2 is 2.09 bits per heavy atom. The van der Waals surface area contributed by atoms with E-state index in [0.29, 0.717) is 12.6 Å². The Kier molecular flexibility index (Phi) is 3.80. The average Bonchev–Trinajstić information content (AvgIpc) is 2.04. The molecule has 1 aliphatic rings. The summed E-state index contributed by atoms with van der Waals surface area (Å²) in [5, 5.41) is 3.19. The highest BCUT2D eigenvalue weighted by atomic mass is 19.1. The largest absolute Gasteiger partial charge is 0.311 e. The van der Waals surface area contributed by atoms with Crippen molar-refractivity contribution in [1.29, 1.82) is 0 Å². The van der Waals surface area contributed by atoms with E-state index in [4.69, 9.17) is 0 Å². The van der Waals surface area contributed by atoms with Crippen molar-refractivity contribution in [1.82, 2.24) is 10.2 Å². The summed E-state index contributed by atoms with van der Waals surface area (Å²) in [6, 6.07) is 0.557. The molecule has 1 saturated heterocycles. The number of alkyl halides is 1. The predicted molar refractivity (Wildman–Crippen MR) is 44.5 cm³/mol. The van der Waals surface area contributed by atoms with Crippen LogP contribution in [0.3, 0.4) is 0 Å². The molecule has 0 amide bonds. The molecule has 1 aliphatic heterocycles. The van der Waals surface area contributed by atoms with Gasteiger partial charge >= 0.3 is 0 Å². The van der Waals surface area contributed by atoms with Crippen molar-refractivity contribution in [3.05, 3.63) is 0 Å². The number of likely N-dealkylation sites (tertiary alicyclic amines) is 1. The van der Waals surface area contributed by atoms with Crippen molar-refractivity contribution < 1.29 is 4.39 Å². The van der Waals surface area contributed by atoms with E-state index >= 15 is 0 Å². The van der Waals surface area contributed by atoms with Crippen LogP contribution in [-0.4, -0.2) is 44.3 Å². The van der Waals surface area contributed by atoms with Gasteiger partial charge in [0.1, 0.15) is 6.67 Å². The first-order valence-electron chi connectivity index (χ1n) is 4.31. The van der Waals surface area contributed by atoms with Gasteiger partial charge in [0.2, 0.25) is 0 Å². The molecule has 1 fully saturated rings. The van der Waals surface area contributed by atoms with Crippen molar-refractivity contribution in [2.75, 3.05) is 33.4 Å². The van der Waals surface area contributed by atoms with Crippen LogP contribution in [0.4, 0.5) is 4.39 Å². The Morgan fingerprint density at radius 1 is 1.45 bits per heavy atom. The SMILES string of the molecule is CN1CCC(NCCF)CC1. The van der Waals surface area contributed by atoms with E-state index in [1.807, 2.05) is 0 Å². The van der Waals surface area contributed by atoms with E-state index in [9.17, 15) is 4.39 Å². The molecule has 0 unspecified atom stereocenters. The first-order chi connectivity index (χ1) is 5.33. The molecule has 0 radical (unpaired) electrons. The number of hydrogen-bond acceptors (Lipinski definition) is 2. The molecule has 1 N–H and O–H groups in total. The van der Waals surface area contributed by atoms with Gasteiger partial charge in [-0.2, -0.15) is 0 Å². The van der Waals surface area contributed by atoms with E-state index in [2.05, 4.69) is 17.3 Å². The maximum absolute atomic E-state index is 11.8. The Balaban J connectivity index is 2.07. The Morgan fingerprint density at radius 3 is 2.64 bits per heavy atom. The lowest BCUT2D eigenvalue weighted by Gasteiger charge is -2.29. The van der Waals surface area contributed by atoms with Crippen molar-refractivity contribution >= 4 is 0 Å². The van der Waals surface area contributed by atoms with Gasteiger partial charge in [-0.15, -0.1) is 0 Å². The van der Waals surface area contributed by atoms with Gasteiger partial charge in [-0.3, -0.25) is 0 Å². The lowest BCUT2D eigenvalue weighted by Crippen LogP contribution is -2.41. The second-order valence-corrected chi connectivity index (χ2v) is 3.22. The van der Waals surface area contributed by atoms with Gasteiger partial charge in [-0.05, 0) is 33.0 Å². The summed E-state index contributed by atoms with van der Waals surface area (Å²) in [5.41, 5.74) is 0. The molecule has 1 rings (SSSR count). The molecule has 66 valence electrons. The highest BCUT2D eigenvalue weighted by Gasteiger charge is 2.14. The Bertz CT molecular complexity index is 97.5. The number of halogens is 1. The zero-order chi connectivity index (χ0) is 8.10. The maximum Gasteiger partial charge on any atom is 0.102 e. The lowest BCUT2D eigenvalue weighted by atomic mass is 10.1. The molecular formula is C8H17FN2. The first kappa shape index (κ1) is 8.94. The predicted octanol–water partition coefficient (Wildman–Crippen LogP) is 0.640. The van der Waals surface area contributed by atoms with Crippen LogP contribution in [0.2, 0.25) is 0 Å². The third-order valence-electron chi connectivity index (χ3n) is 2.25. The molecule has 0 spiro atoms. The van der Waals surface area contributed by atoms with Gasteiger partial charge in [0.05, 0.1) is 0 Å². The molecule has 0 aromatic carbocycles. The molecule has 2 nitrogen and oxygen atoms in total. The Labute approximate surface area is 67.8 Å². The van der Waals surface area contributed by atoms with Crippen molar-refractivity contribution in [2.45, 2.75) is 18.9 Å². The van der Waals surface area contributed by atoms with Crippen LogP contribution < -0.4 is 5.32 Å². The molecule has 0 saturated carbocycles. The summed E-state index contributed by atoms with van der Waals surface area (Å²) in [5.74, 6) is 0. The van der Waals surface area contributed by atoms with Crippen LogP contribution in [0.25, 0.3) is 0 Å².